The molecular formula is C8H6FN3O. The van der Waals surface area contributed by atoms with Crippen LogP contribution in [0.2, 0.25) is 0 Å². The van der Waals surface area contributed by atoms with Gasteiger partial charge in [-0.05, 0) is 12.1 Å². The average molecular weight is 179 g/mol. The van der Waals surface area contributed by atoms with Crippen LogP contribution >= 0.6 is 0 Å². The lowest BCUT2D eigenvalue weighted by Crippen LogP contribution is -2.11. The van der Waals surface area contributed by atoms with E-state index in [1.54, 1.807) is 18.3 Å². The molecule has 0 aliphatic heterocycles. The van der Waals surface area contributed by atoms with Gasteiger partial charge < -0.3 is 9.97 Å². The van der Waals surface area contributed by atoms with Crippen LogP contribution in [0.15, 0.2) is 29.3 Å². The summed E-state index contributed by atoms with van der Waals surface area (Å²) in [6.07, 6.45) is 2.54. The Hall–Kier alpha value is -1.91. The topological polar surface area (TPSA) is 61.5 Å². The van der Waals surface area contributed by atoms with Gasteiger partial charge in [-0.3, -0.25) is 0 Å². The Bertz CT molecular complexity index is 460. The van der Waals surface area contributed by atoms with Crippen LogP contribution < -0.4 is 5.69 Å². The molecule has 5 heteroatoms. The van der Waals surface area contributed by atoms with Crippen molar-refractivity contribution in [3.05, 3.63) is 40.8 Å². The van der Waals surface area contributed by atoms with Gasteiger partial charge in [-0.15, -0.1) is 0 Å². The molecule has 0 fully saturated rings. The summed E-state index contributed by atoms with van der Waals surface area (Å²) in [7, 11) is 0. The largest absolute Gasteiger partial charge is 0.360 e. The first kappa shape index (κ1) is 7.72. The van der Waals surface area contributed by atoms with Crippen molar-refractivity contribution in [1.82, 2.24) is 15.0 Å². The van der Waals surface area contributed by atoms with E-state index in [1.807, 2.05) is 0 Å². The fourth-order valence-corrected chi connectivity index (χ4v) is 1.06. The first-order chi connectivity index (χ1) is 6.27. The molecule has 0 spiro atoms. The number of H-pyrrole nitrogens is 2. The molecule has 0 radical (unpaired) electrons. The Morgan fingerprint density at radius 1 is 1.46 bits per heavy atom. The zero-order chi connectivity index (χ0) is 9.26. The second-order valence-corrected chi connectivity index (χ2v) is 2.50. The molecule has 2 aromatic heterocycles. The second kappa shape index (κ2) is 2.85. The molecule has 0 unspecified atom stereocenters. The third-order valence-corrected chi connectivity index (χ3v) is 1.63. The number of nitrogens with zero attached hydrogens (tertiary/aromatic N) is 1. The van der Waals surface area contributed by atoms with Gasteiger partial charge in [-0.1, -0.05) is 0 Å². The molecule has 13 heavy (non-hydrogen) atoms. The molecule has 0 aliphatic rings. The molecule has 0 bridgehead atoms. The van der Waals surface area contributed by atoms with Gasteiger partial charge in [0, 0.05) is 6.20 Å². The SMILES string of the molecule is O=c1ncc(F)c(-c2ccc[nH]2)[nH]1. The zero-order valence-electron chi connectivity index (χ0n) is 6.54. The summed E-state index contributed by atoms with van der Waals surface area (Å²) >= 11 is 0. The van der Waals surface area contributed by atoms with E-state index in [2.05, 4.69) is 15.0 Å². The average Bonchev–Trinajstić information content (AvgIpc) is 2.61. The van der Waals surface area contributed by atoms with Gasteiger partial charge in [0.2, 0.25) is 0 Å². The molecule has 2 aromatic rings. The lowest BCUT2D eigenvalue weighted by atomic mass is 10.3. The lowest BCUT2D eigenvalue weighted by molar-refractivity contribution is 0.615. The first-order valence-electron chi connectivity index (χ1n) is 3.66. The molecule has 0 aromatic carbocycles. The molecule has 2 N–H and O–H groups in total. The van der Waals surface area contributed by atoms with Crippen molar-refractivity contribution in [2.75, 3.05) is 0 Å². The highest BCUT2D eigenvalue weighted by atomic mass is 19.1. The van der Waals surface area contributed by atoms with Gasteiger partial charge in [0.15, 0.2) is 5.82 Å². The molecule has 0 saturated carbocycles. The van der Waals surface area contributed by atoms with E-state index in [-0.39, 0.29) is 5.69 Å². The van der Waals surface area contributed by atoms with E-state index in [0.29, 0.717) is 5.69 Å². The Balaban J connectivity index is 2.64. The van der Waals surface area contributed by atoms with Gasteiger partial charge >= 0.3 is 5.69 Å². The monoisotopic (exact) mass is 179 g/mol. The van der Waals surface area contributed by atoms with Crippen LogP contribution in [0.25, 0.3) is 11.4 Å². The van der Waals surface area contributed by atoms with Crippen LogP contribution in [-0.2, 0) is 0 Å². The first-order valence-corrected chi connectivity index (χ1v) is 3.66. The Morgan fingerprint density at radius 2 is 2.31 bits per heavy atom. The number of aromatic amines is 2. The van der Waals surface area contributed by atoms with Crippen LogP contribution in [0.4, 0.5) is 4.39 Å². The maximum Gasteiger partial charge on any atom is 0.345 e. The fraction of sp³-hybridized carbons (Fsp3) is 0. The quantitative estimate of drug-likeness (QED) is 0.683. The highest BCUT2D eigenvalue weighted by molar-refractivity contribution is 5.53. The third kappa shape index (κ3) is 1.35. The maximum absolute atomic E-state index is 13.1. The highest BCUT2D eigenvalue weighted by Gasteiger charge is 2.06. The Morgan fingerprint density at radius 3 is 3.00 bits per heavy atom. The Labute approximate surface area is 72.5 Å². The van der Waals surface area contributed by atoms with Crippen LogP contribution in [0.1, 0.15) is 0 Å². The third-order valence-electron chi connectivity index (χ3n) is 1.63. The number of hydrogen-bond donors (Lipinski definition) is 2. The van der Waals surface area contributed by atoms with E-state index in [0.717, 1.165) is 6.20 Å². The summed E-state index contributed by atoms with van der Waals surface area (Å²) in [6, 6.07) is 3.38. The molecule has 0 atom stereocenters. The van der Waals surface area contributed by atoms with Crippen molar-refractivity contribution < 1.29 is 4.39 Å². The molecule has 4 nitrogen and oxygen atoms in total. The Kier molecular flexibility index (Phi) is 1.70. The highest BCUT2D eigenvalue weighted by Crippen LogP contribution is 2.14. The maximum atomic E-state index is 13.1. The van der Waals surface area contributed by atoms with Crippen LogP contribution in [0.3, 0.4) is 0 Å². The van der Waals surface area contributed by atoms with Gasteiger partial charge in [-0.2, -0.15) is 4.98 Å². The molecule has 2 heterocycles. The summed E-state index contributed by atoms with van der Waals surface area (Å²) in [5.74, 6) is -0.554. The zero-order valence-corrected chi connectivity index (χ0v) is 6.54. The van der Waals surface area contributed by atoms with Gasteiger partial charge in [-0.25, -0.2) is 9.18 Å². The van der Waals surface area contributed by atoms with E-state index in [1.165, 1.54) is 0 Å². The predicted octanol–water partition coefficient (Wildman–Crippen LogP) is 0.904. The van der Waals surface area contributed by atoms with Gasteiger partial charge in [0.1, 0.15) is 5.69 Å². The summed E-state index contributed by atoms with van der Waals surface area (Å²) < 4.78 is 13.1. The summed E-state index contributed by atoms with van der Waals surface area (Å²) in [6.45, 7) is 0. The molecule has 0 aliphatic carbocycles. The number of nitrogens with one attached hydrogen (secondary N) is 2. The second-order valence-electron chi connectivity index (χ2n) is 2.50. The van der Waals surface area contributed by atoms with Gasteiger partial charge in [0.25, 0.3) is 0 Å². The number of halogens is 1. The van der Waals surface area contributed by atoms with Crippen LogP contribution in [0.5, 0.6) is 0 Å². The minimum Gasteiger partial charge on any atom is -0.360 e. The normalized spacial score (nSPS) is 10.2. The molecular weight excluding hydrogens is 173 g/mol. The minimum absolute atomic E-state index is 0.130. The standard InChI is InChI=1S/C8H6FN3O/c9-5-4-11-8(13)12-7(5)6-2-1-3-10-6/h1-4,10H,(H,11,12,13). The van der Waals surface area contributed by atoms with Crippen molar-refractivity contribution in [3.63, 3.8) is 0 Å². The van der Waals surface area contributed by atoms with Gasteiger partial charge in [0.05, 0.1) is 11.9 Å². The van der Waals surface area contributed by atoms with E-state index < -0.39 is 11.5 Å². The smallest absolute Gasteiger partial charge is 0.345 e. The van der Waals surface area contributed by atoms with E-state index >= 15 is 0 Å². The molecule has 66 valence electrons. The minimum atomic E-state index is -0.564. The van der Waals surface area contributed by atoms with Crippen molar-refractivity contribution >= 4 is 0 Å². The van der Waals surface area contributed by atoms with E-state index in [4.69, 9.17) is 0 Å². The van der Waals surface area contributed by atoms with Crippen molar-refractivity contribution in [2.45, 2.75) is 0 Å². The van der Waals surface area contributed by atoms with Crippen molar-refractivity contribution in [2.24, 2.45) is 0 Å². The lowest BCUT2D eigenvalue weighted by Gasteiger charge is -1.97. The summed E-state index contributed by atoms with van der Waals surface area (Å²) in [5, 5.41) is 0. The molecule has 0 saturated heterocycles. The molecule has 2 rings (SSSR count). The van der Waals surface area contributed by atoms with Crippen molar-refractivity contribution in [1.29, 1.82) is 0 Å². The number of rotatable bonds is 1. The van der Waals surface area contributed by atoms with Crippen LogP contribution in [-0.4, -0.2) is 15.0 Å². The summed E-state index contributed by atoms with van der Waals surface area (Å²) in [4.78, 5) is 19.1. The predicted molar refractivity (Wildman–Crippen MR) is 44.6 cm³/mol. The van der Waals surface area contributed by atoms with E-state index in [9.17, 15) is 9.18 Å². The van der Waals surface area contributed by atoms with Crippen molar-refractivity contribution in [3.8, 4) is 11.4 Å². The molecule has 0 amide bonds. The van der Waals surface area contributed by atoms with Crippen LogP contribution in [0, 0.1) is 5.82 Å². The summed E-state index contributed by atoms with van der Waals surface area (Å²) in [5.41, 5.74) is 0.0907. The number of aromatic nitrogens is 3. The number of hydrogen-bond acceptors (Lipinski definition) is 2. The fourth-order valence-electron chi connectivity index (χ4n) is 1.06.